The van der Waals surface area contributed by atoms with E-state index in [1.165, 1.54) is 11.8 Å². The molecule has 2 rings (SSSR count). The summed E-state index contributed by atoms with van der Waals surface area (Å²) in [6.07, 6.45) is 3.35. The molecule has 0 saturated heterocycles. The lowest BCUT2D eigenvalue weighted by Gasteiger charge is -2.00. The lowest BCUT2D eigenvalue weighted by molar-refractivity contribution is 0.475. The Morgan fingerprint density at radius 3 is 2.40 bits per heavy atom. The summed E-state index contributed by atoms with van der Waals surface area (Å²) >= 11 is 4.72. The Labute approximate surface area is 99.7 Å². The lowest BCUT2D eigenvalue weighted by atomic mass is 10.3. The number of nitrogens with zero attached hydrogens (tertiary/aromatic N) is 2. The minimum atomic E-state index is 0.265. The van der Waals surface area contributed by atoms with E-state index in [-0.39, 0.29) is 5.75 Å². The third-order valence-corrected chi connectivity index (χ3v) is 2.99. The van der Waals surface area contributed by atoms with Crippen LogP contribution in [-0.4, -0.2) is 15.1 Å². The number of aromatic hydroxyl groups is 1. The molecule has 0 amide bonds. The van der Waals surface area contributed by atoms with Crippen LogP contribution < -0.4 is 0 Å². The molecule has 0 radical (unpaired) electrons. The van der Waals surface area contributed by atoms with Gasteiger partial charge >= 0.3 is 0 Å². The predicted octanol–water partition coefficient (Wildman–Crippen LogP) is 3.10. The van der Waals surface area contributed by atoms with Gasteiger partial charge in [0, 0.05) is 4.90 Å². The molecule has 0 aliphatic rings. The Balaban J connectivity index is 2.15. The lowest BCUT2D eigenvalue weighted by Crippen LogP contribution is -1.82. The molecule has 15 heavy (non-hydrogen) atoms. The second-order valence-electron chi connectivity index (χ2n) is 2.77. The molecule has 1 aromatic carbocycles. The number of phenolic OH excluding ortho intramolecular Hbond substituents is 1. The average Bonchev–Trinajstić information content (AvgIpc) is 2.25. The molecular formula is C10H7BrN2OS. The van der Waals surface area contributed by atoms with Crippen molar-refractivity contribution >= 4 is 27.7 Å². The first-order chi connectivity index (χ1) is 7.24. The van der Waals surface area contributed by atoms with E-state index in [0.29, 0.717) is 0 Å². The van der Waals surface area contributed by atoms with Gasteiger partial charge in [0.25, 0.3) is 0 Å². The molecule has 0 atom stereocenters. The molecular weight excluding hydrogens is 276 g/mol. The van der Waals surface area contributed by atoms with Crippen LogP contribution in [0, 0.1) is 0 Å². The maximum absolute atomic E-state index is 9.12. The van der Waals surface area contributed by atoms with Crippen molar-refractivity contribution in [1.29, 1.82) is 0 Å². The van der Waals surface area contributed by atoms with Crippen LogP contribution in [0.3, 0.4) is 0 Å². The maximum atomic E-state index is 9.12. The molecule has 0 aliphatic heterocycles. The number of aromatic nitrogens is 2. The van der Waals surface area contributed by atoms with Gasteiger partial charge in [0.2, 0.25) is 0 Å². The van der Waals surface area contributed by atoms with Crippen molar-refractivity contribution in [3.63, 3.8) is 0 Å². The summed E-state index contributed by atoms with van der Waals surface area (Å²) in [4.78, 5) is 9.28. The Morgan fingerprint density at radius 2 is 1.80 bits per heavy atom. The molecule has 1 heterocycles. The Kier molecular flexibility index (Phi) is 3.23. The van der Waals surface area contributed by atoms with Crippen LogP contribution in [0.5, 0.6) is 5.75 Å². The largest absolute Gasteiger partial charge is 0.508 e. The third kappa shape index (κ3) is 2.94. The smallest absolute Gasteiger partial charge is 0.124 e. The zero-order valence-electron chi connectivity index (χ0n) is 7.59. The van der Waals surface area contributed by atoms with Crippen LogP contribution in [0.4, 0.5) is 0 Å². The molecule has 2 aromatic rings. The molecule has 0 saturated carbocycles. The normalized spacial score (nSPS) is 10.2. The number of benzene rings is 1. The highest BCUT2D eigenvalue weighted by Crippen LogP contribution is 2.26. The Bertz CT molecular complexity index is 400. The van der Waals surface area contributed by atoms with Crippen molar-refractivity contribution in [2.75, 3.05) is 0 Å². The van der Waals surface area contributed by atoms with Crippen LogP contribution in [-0.2, 0) is 0 Å². The fourth-order valence-corrected chi connectivity index (χ4v) is 1.92. The fraction of sp³-hybridized carbons (Fsp3) is 0. The second-order valence-corrected chi connectivity index (χ2v) is 4.68. The van der Waals surface area contributed by atoms with Crippen LogP contribution >= 0.6 is 27.7 Å². The minimum absolute atomic E-state index is 0.265. The van der Waals surface area contributed by atoms with Gasteiger partial charge in [-0.2, -0.15) is 0 Å². The first-order valence-electron chi connectivity index (χ1n) is 4.18. The molecule has 0 bridgehead atoms. The topological polar surface area (TPSA) is 46.0 Å². The number of hydrogen-bond donors (Lipinski definition) is 1. The van der Waals surface area contributed by atoms with Crippen LogP contribution in [0.2, 0.25) is 0 Å². The molecule has 76 valence electrons. The van der Waals surface area contributed by atoms with Crippen molar-refractivity contribution in [2.45, 2.75) is 9.92 Å². The number of rotatable bonds is 2. The summed E-state index contributed by atoms with van der Waals surface area (Å²) in [7, 11) is 0. The first-order valence-corrected chi connectivity index (χ1v) is 5.79. The summed E-state index contributed by atoms with van der Waals surface area (Å²) in [5.41, 5.74) is 0. The van der Waals surface area contributed by atoms with E-state index in [0.717, 1.165) is 14.5 Å². The Morgan fingerprint density at radius 1 is 1.07 bits per heavy atom. The van der Waals surface area contributed by atoms with Gasteiger partial charge in [0.15, 0.2) is 0 Å². The molecule has 0 fully saturated rings. The maximum Gasteiger partial charge on any atom is 0.124 e. The molecule has 3 nitrogen and oxygen atoms in total. The van der Waals surface area contributed by atoms with Gasteiger partial charge in [0.1, 0.15) is 15.4 Å². The Hall–Kier alpha value is -1.07. The zero-order valence-corrected chi connectivity index (χ0v) is 9.99. The first kappa shape index (κ1) is 10.4. The molecule has 5 heteroatoms. The van der Waals surface area contributed by atoms with Gasteiger partial charge in [-0.15, -0.1) is 0 Å². The molecule has 0 aliphatic carbocycles. The third-order valence-electron chi connectivity index (χ3n) is 1.66. The highest BCUT2D eigenvalue weighted by Gasteiger charge is 1.99. The van der Waals surface area contributed by atoms with Gasteiger partial charge in [0.05, 0.1) is 12.4 Å². The number of halogens is 1. The van der Waals surface area contributed by atoms with E-state index < -0.39 is 0 Å². The molecule has 1 aromatic heterocycles. The van der Waals surface area contributed by atoms with E-state index in [2.05, 4.69) is 25.9 Å². The quantitative estimate of drug-likeness (QED) is 0.920. The number of hydrogen-bond acceptors (Lipinski definition) is 4. The van der Waals surface area contributed by atoms with Gasteiger partial charge < -0.3 is 5.11 Å². The van der Waals surface area contributed by atoms with Gasteiger partial charge in [-0.25, -0.2) is 9.97 Å². The zero-order chi connectivity index (χ0) is 10.7. The summed E-state index contributed by atoms with van der Waals surface area (Å²) in [5.74, 6) is 0.265. The van der Waals surface area contributed by atoms with Gasteiger partial charge in [-0.1, -0.05) is 11.8 Å². The van der Waals surface area contributed by atoms with E-state index in [1.54, 1.807) is 24.5 Å². The monoisotopic (exact) mass is 282 g/mol. The van der Waals surface area contributed by atoms with Gasteiger partial charge in [-0.3, -0.25) is 0 Å². The fourth-order valence-electron chi connectivity index (χ4n) is 0.988. The highest BCUT2D eigenvalue weighted by atomic mass is 79.9. The van der Waals surface area contributed by atoms with E-state index in [9.17, 15) is 0 Å². The van der Waals surface area contributed by atoms with E-state index in [4.69, 9.17) is 5.11 Å². The van der Waals surface area contributed by atoms with Crippen LogP contribution in [0.15, 0.2) is 51.2 Å². The van der Waals surface area contributed by atoms with E-state index in [1.807, 2.05) is 12.1 Å². The SMILES string of the molecule is Oc1ccc(Sc2cnc(Br)cn2)cc1. The van der Waals surface area contributed by atoms with Crippen LogP contribution in [0.1, 0.15) is 0 Å². The van der Waals surface area contributed by atoms with Crippen molar-refractivity contribution in [1.82, 2.24) is 9.97 Å². The summed E-state index contributed by atoms with van der Waals surface area (Å²) in [6.45, 7) is 0. The van der Waals surface area contributed by atoms with Gasteiger partial charge in [-0.05, 0) is 40.2 Å². The highest BCUT2D eigenvalue weighted by molar-refractivity contribution is 9.10. The summed E-state index contributed by atoms with van der Waals surface area (Å²) < 4.78 is 0.720. The average molecular weight is 283 g/mol. The van der Waals surface area contributed by atoms with Crippen molar-refractivity contribution in [3.05, 3.63) is 41.3 Å². The predicted molar refractivity (Wildman–Crippen MR) is 62.0 cm³/mol. The summed E-state index contributed by atoms with van der Waals surface area (Å²) in [6, 6.07) is 6.97. The number of phenols is 1. The second kappa shape index (κ2) is 4.63. The van der Waals surface area contributed by atoms with E-state index >= 15 is 0 Å². The summed E-state index contributed by atoms with van der Waals surface area (Å²) in [5, 5.41) is 9.94. The molecule has 0 spiro atoms. The molecule has 0 unspecified atom stereocenters. The molecule has 1 N–H and O–H groups in total. The van der Waals surface area contributed by atoms with Crippen LogP contribution in [0.25, 0.3) is 0 Å². The van der Waals surface area contributed by atoms with Crippen molar-refractivity contribution in [3.8, 4) is 5.75 Å². The van der Waals surface area contributed by atoms with Crippen molar-refractivity contribution < 1.29 is 5.11 Å². The minimum Gasteiger partial charge on any atom is -0.508 e. The standard InChI is InChI=1S/C10H7BrN2OS/c11-9-5-13-10(6-12-9)15-8-3-1-7(14)2-4-8/h1-6,14H. The van der Waals surface area contributed by atoms with Crippen molar-refractivity contribution in [2.24, 2.45) is 0 Å².